The number of nitrogens with zero attached hydrogens (tertiary/aromatic N) is 2. The lowest BCUT2D eigenvalue weighted by molar-refractivity contribution is 0.0760. The van der Waals surface area contributed by atoms with E-state index in [1.807, 2.05) is 42.5 Å². The van der Waals surface area contributed by atoms with Gasteiger partial charge in [-0.25, -0.2) is 4.79 Å². The van der Waals surface area contributed by atoms with Crippen molar-refractivity contribution >= 4 is 29.2 Å². The van der Waals surface area contributed by atoms with Gasteiger partial charge in [0.25, 0.3) is 5.91 Å². The molecule has 0 aromatic heterocycles. The highest BCUT2D eigenvalue weighted by atomic mass is 35.5. The number of carbonyl (C=O) groups is 2. The minimum atomic E-state index is -0.200. The van der Waals surface area contributed by atoms with Gasteiger partial charge in [0, 0.05) is 36.9 Å². The van der Waals surface area contributed by atoms with E-state index in [1.54, 1.807) is 46.2 Å². The molecule has 3 aromatic rings. The molecule has 0 spiro atoms. The van der Waals surface area contributed by atoms with Crippen molar-refractivity contribution < 1.29 is 14.3 Å². The maximum absolute atomic E-state index is 13.3. The molecule has 1 heterocycles. The number of hydrogen-bond donors (Lipinski definition) is 1. The molecule has 0 radical (unpaired) electrons. The second-order valence-corrected chi connectivity index (χ2v) is 7.92. The smallest absolute Gasteiger partial charge is 0.321 e. The van der Waals surface area contributed by atoms with E-state index >= 15 is 0 Å². The highest BCUT2D eigenvalue weighted by molar-refractivity contribution is 6.30. The lowest BCUT2D eigenvalue weighted by Crippen LogP contribution is -2.39. The molecule has 6 nitrogen and oxygen atoms in total. The zero-order chi connectivity index (χ0) is 22.3. The number of benzene rings is 3. The van der Waals surface area contributed by atoms with Crippen molar-refractivity contribution in [1.82, 2.24) is 9.80 Å². The minimum absolute atomic E-state index is 0.103. The second-order valence-electron chi connectivity index (χ2n) is 7.48. The zero-order valence-electron chi connectivity index (χ0n) is 17.5. The summed E-state index contributed by atoms with van der Waals surface area (Å²) in [7, 11) is 0. The molecular weight excluding hydrogens is 426 g/mol. The van der Waals surface area contributed by atoms with Crippen LogP contribution in [0.1, 0.15) is 16.8 Å². The van der Waals surface area contributed by atoms with Gasteiger partial charge in [-0.1, -0.05) is 48.0 Å². The Bertz CT molecular complexity index is 1090. The number of ether oxygens (including phenoxy) is 1. The van der Waals surface area contributed by atoms with Gasteiger partial charge in [0.2, 0.25) is 0 Å². The Morgan fingerprint density at radius 3 is 2.34 bits per heavy atom. The summed E-state index contributed by atoms with van der Waals surface area (Å²) in [4.78, 5) is 29.5. The van der Waals surface area contributed by atoms with Gasteiger partial charge in [0.15, 0.2) is 0 Å². The number of nitrogens with one attached hydrogen (secondary N) is 1. The summed E-state index contributed by atoms with van der Waals surface area (Å²) in [6, 6.07) is 23.5. The topological polar surface area (TPSA) is 61.9 Å². The van der Waals surface area contributed by atoms with Crippen LogP contribution < -0.4 is 10.1 Å². The number of urea groups is 1. The van der Waals surface area contributed by atoms with Crippen LogP contribution in [-0.4, -0.2) is 47.9 Å². The molecule has 3 aromatic carbocycles. The molecule has 0 unspecified atom stereocenters. The van der Waals surface area contributed by atoms with Gasteiger partial charge >= 0.3 is 6.03 Å². The summed E-state index contributed by atoms with van der Waals surface area (Å²) in [6.07, 6.45) is 0.691. The number of halogens is 1. The molecule has 164 valence electrons. The highest BCUT2D eigenvalue weighted by Gasteiger charge is 2.25. The number of para-hydroxylation sites is 2. The third-order valence-corrected chi connectivity index (χ3v) is 5.47. The van der Waals surface area contributed by atoms with Crippen LogP contribution in [-0.2, 0) is 0 Å². The summed E-state index contributed by atoms with van der Waals surface area (Å²) in [5.74, 6) is 1.09. The molecular formula is C25H24ClN3O3. The van der Waals surface area contributed by atoms with E-state index < -0.39 is 0 Å². The average Bonchev–Trinajstić information content (AvgIpc) is 3.06. The van der Waals surface area contributed by atoms with Gasteiger partial charge in [-0.15, -0.1) is 0 Å². The Kier molecular flexibility index (Phi) is 6.92. The average molecular weight is 450 g/mol. The van der Waals surface area contributed by atoms with Crippen molar-refractivity contribution in [3.63, 3.8) is 0 Å². The van der Waals surface area contributed by atoms with Crippen LogP contribution in [0.2, 0.25) is 5.02 Å². The monoisotopic (exact) mass is 449 g/mol. The van der Waals surface area contributed by atoms with Crippen molar-refractivity contribution in [2.24, 2.45) is 0 Å². The molecule has 0 saturated carbocycles. The Balaban J connectivity index is 1.41. The van der Waals surface area contributed by atoms with Crippen LogP contribution in [0.3, 0.4) is 0 Å². The lowest BCUT2D eigenvalue weighted by atomic mass is 10.1. The number of carbonyl (C=O) groups excluding carboxylic acids is 2. The molecule has 1 saturated heterocycles. The van der Waals surface area contributed by atoms with Gasteiger partial charge in [0.1, 0.15) is 11.5 Å². The molecule has 3 amide bonds. The van der Waals surface area contributed by atoms with Gasteiger partial charge in [-0.2, -0.15) is 0 Å². The van der Waals surface area contributed by atoms with Crippen molar-refractivity contribution in [2.75, 3.05) is 31.5 Å². The summed E-state index contributed by atoms with van der Waals surface area (Å²) >= 11 is 6.00. The van der Waals surface area contributed by atoms with Crippen LogP contribution in [0, 0.1) is 0 Å². The Labute approximate surface area is 192 Å². The van der Waals surface area contributed by atoms with Gasteiger partial charge in [-0.3, -0.25) is 4.79 Å². The van der Waals surface area contributed by atoms with E-state index in [9.17, 15) is 9.59 Å². The number of amides is 3. The van der Waals surface area contributed by atoms with E-state index in [0.717, 1.165) is 0 Å². The molecule has 4 rings (SSSR count). The van der Waals surface area contributed by atoms with E-state index in [2.05, 4.69) is 5.32 Å². The summed E-state index contributed by atoms with van der Waals surface area (Å²) in [5, 5.41) is 3.43. The first-order chi connectivity index (χ1) is 15.6. The summed E-state index contributed by atoms with van der Waals surface area (Å²) in [5.41, 5.74) is 1.15. The maximum Gasteiger partial charge on any atom is 0.321 e. The number of rotatable bonds is 4. The van der Waals surface area contributed by atoms with E-state index in [4.69, 9.17) is 16.3 Å². The van der Waals surface area contributed by atoms with Crippen LogP contribution in [0.5, 0.6) is 11.5 Å². The zero-order valence-corrected chi connectivity index (χ0v) is 18.3. The van der Waals surface area contributed by atoms with E-state index in [0.29, 0.717) is 60.4 Å². The first kappa shape index (κ1) is 21.7. The molecule has 1 aliphatic rings. The van der Waals surface area contributed by atoms with E-state index in [-0.39, 0.29) is 11.9 Å². The lowest BCUT2D eigenvalue weighted by Gasteiger charge is -2.23. The maximum atomic E-state index is 13.3. The molecule has 0 aliphatic carbocycles. The second kappa shape index (κ2) is 10.2. The van der Waals surface area contributed by atoms with E-state index in [1.165, 1.54) is 0 Å². The van der Waals surface area contributed by atoms with Crippen molar-refractivity contribution in [3.8, 4) is 11.5 Å². The fraction of sp³-hybridized carbons (Fsp3) is 0.200. The Morgan fingerprint density at radius 1 is 0.812 bits per heavy atom. The van der Waals surface area contributed by atoms with Crippen LogP contribution in [0.25, 0.3) is 0 Å². The fourth-order valence-electron chi connectivity index (χ4n) is 3.61. The normalized spacial score (nSPS) is 13.9. The molecule has 1 fully saturated rings. The fourth-order valence-corrected chi connectivity index (χ4v) is 3.80. The van der Waals surface area contributed by atoms with Gasteiger partial charge in [0.05, 0.1) is 5.56 Å². The van der Waals surface area contributed by atoms with Crippen molar-refractivity contribution in [2.45, 2.75) is 6.42 Å². The summed E-state index contributed by atoms with van der Waals surface area (Å²) < 4.78 is 5.96. The Hall–Kier alpha value is -3.51. The van der Waals surface area contributed by atoms with Gasteiger partial charge in [-0.05, 0) is 48.9 Å². The van der Waals surface area contributed by atoms with Crippen LogP contribution in [0.15, 0.2) is 78.9 Å². The first-order valence-corrected chi connectivity index (χ1v) is 10.9. The number of hydrogen-bond acceptors (Lipinski definition) is 3. The predicted molar refractivity (Wildman–Crippen MR) is 126 cm³/mol. The van der Waals surface area contributed by atoms with Gasteiger partial charge < -0.3 is 19.9 Å². The quantitative estimate of drug-likeness (QED) is 0.571. The molecule has 1 N–H and O–H groups in total. The highest BCUT2D eigenvalue weighted by Crippen LogP contribution is 2.26. The molecule has 0 bridgehead atoms. The predicted octanol–water partition coefficient (Wildman–Crippen LogP) is 5.51. The molecule has 7 heteroatoms. The molecule has 0 atom stereocenters. The molecule has 32 heavy (non-hydrogen) atoms. The Morgan fingerprint density at radius 2 is 1.53 bits per heavy atom. The minimum Gasteiger partial charge on any atom is -0.457 e. The summed E-state index contributed by atoms with van der Waals surface area (Å²) in [6.45, 7) is 2.03. The molecule has 1 aliphatic heterocycles. The van der Waals surface area contributed by atoms with Crippen molar-refractivity contribution in [1.29, 1.82) is 0 Å². The van der Waals surface area contributed by atoms with Crippen LogP contribution >= 0.6 is 11.6 Å². The third kappa shape index (κ3) is 5.39. The standard InChI is InChI=1S/C25H24ClN3O3/c26-19-8-6-9-20(18-19)27-25(31)29-15-7-14-28(16-17-29)24(30)22-12-4-5-13-23(22)32-21-10-2-1-3-11-21/h1-6,8-13,18H,7,14-17H2,(H,27,31). The first-order valence-electron chi connectivity index (χ1n) is 10.5. The van der Waals surface area contributed by atoms with Crippen molar-refractivity contribution in [3.05, 3.63) is 89.4 Å². The van der Waals surface area contributed by atoms with Crippen LogP contribution in [0.4, 0.5) is 10.5 Å². The SMILES string of the molecule is O=C(Nc1cccc(Cl)c1)N1CCCN(C(=O)c2ccccc2Oc2ccccc2)CC1. The largest absolute Gasteiger partial charge is 0.457 e. The number of anilines is 1. The third-order valence-electron chi connectivity index (χ3n) is 5.23.